The van der Waals surface area contributed by atoms with Crippen LogP contribution in [0.2, 0.25) is 0 Å². The number of ether oxygens (including phenoxy) is 1. The molecule has 1 aromatic carbocycles. The van der Waals surface area contributed by atoms with Crippen molar-refractivity contribution >= 4 is 28.3 Å². The van der Waals surface area contributed by atoms with Crippen LogP contribution >= 0.6 is 12.4 Å². The first-order chi connectivity index (χ1) is 12.5. The zero-order chi connectivity index (χ0) is 18.6. The molecule has 1 amide bonds. The third kappa shape index (κ3) is 6.07. The molecule has 0 saturated carbocycles. The first-order valence-electron chi connectivity index (χ1n) is 9.24. The Morgan fingerprint density at radius 2 is 1.81 bits per heavy atom. The van der Waals surface area contributed by atoms with Gasteiger partial charge in [-0.1, -0.05) is 0 Å². The number of carbonyl (C=O) groups excluding carboxylic acids is 1. The Hall–Kier alpha value is -1.35. The lowest BCUT2D eigenvalue weighted by atomic mass is 10.00. The van der Waals surface area contributed by atoms with Gasteiger partial charge in [0.25, 0.3) is 0 Å². The summed E-state index contributed by atoms with van der Waals surface area (Å²) >= 11 is 0. The van der Waals surface area contributed by atoms with Crippen LogP contribution in [0.25, 0.3) is 0 Å². The smallest absolute Gasteiger partial charge is 0.240 e. The van der Waals surface area contributed by atoms with Crippen LogP contribution in [0.4, 0.5) is 0 Å². The number of fused-ring (bicyclic) bond motifs is 2. The van der Waals surface area contributed by atoms with Crippen molar-refractivity contribution < 1.29 is 17.9 Å². The molecule has 2 saturated heterocycles. The first kappa shape index (κ1) is 21.9. The number of halogens is 1. The molecule has 0 spiro atoms. The maximum atomic E-state index is 12.3. The molecule has 3 rings (SSSR count). The van der Waals surface area contributed by atoms with Crippen LogP contribution in [0, 0.1) is 0 Å². The van der Waals surface area contributed by atoms with Gasteiger partial charge in [0.1, 0.15) is 5.75 Å². The predicted octanol–water partition coefficient (Wildman–Crippen LogP) is 1.57. The summed E-state index contributed by atoms with van der Waals surface area (Å²) in [4.78, 5) is 12.3. The SMILES string of the molecule is CCOc1ccc(S(=O)(=O)NCCC(=O)NC2CC3CCC(C2)N3)cc1.Cl. The Kier molecular flexibility index (Phi) is 7.91. The maximum absolute atomic E-state index is 12.3. The summed E-state index contributed by atoms with van der Waals surface area (Å²) in [5, 5.41) is 6.57. The van der Waals surface area contributed by atoms with E-state index in [1.165, 1.54) is 25.0 Å². The van der Waals surface area contributed by atoms with Crippen LogP contribution in [0.15, 0.2) is 29.2 Å². The van der Waals surface area contributed by atoms with Crippen molar-refractivity contribution in [3.8, 4) is 5.75 Å². The summed E-state index contributed by atoms with van der Waals surface area (Å²) in [5.41, 5.74) is 0. The van der Waals surface area contributed by atoms with Crippen LogP contribution in [0.1, 0.15) is 39.0 Å². The van der Waals surface area contributed by atoms with Gasteiger partial charge in [-0.2, -0.15) is 0 Å². The number of hydrogen-bond acceptors (Lipinski definition) is 5. The second kappa shape index (κ2) is 9.73. The molecule has 152 valence electrons. The van der Waals surface area contributed by atoms with Gasteiger partial charge in [-0.15, -0.1) is 12.4 Å². The highest BCUT2D eigenvalue weighted by atomic mass is 35.5. The fourth-order valence-electron chi connectivity index (χ4n) is 3.74. The number of rotatable bonds is 8. The third-order valence-corrected chi connectivity index (χ3v) is 6.40. The van der Waals surface area contributed by atoms with Crippen molar-refractivity contribution in [3.63, 3.8) is 0 Å². The van der Waals surface area contributed by atoms with Crippen molar-refractivity contribution in [1.82, 2.24) is 15.4 Å². The molecule has 27 heavy (non-hydrogen) atoms. The quantitative estimate of drug-likeness (QED) is 0.596. The van der Waals surface area contributed by atoms with E-state index >= 15 is 0 Å². The monoisotopic (exact) mass is 417 g/mol. The Morgan fingerprint density at radius 1 is 1.19 bits per heavy atom. The van der Waals surface area contributed by atoms with Crippen molar-refractivity contribution in [2.24, 2.45) is 0 Å². The topological polar surface area (TPSA) is 96.5 Å². The summed E-state index contributed by atoms with van der Waals surface area (Å²) in [6.07, 6.45) is 4.41. The average Bonchev–Trinajstić information content (AvgIpc) is 2.94. The van der Waals surface area contributed by atoms with E-state index < -0.39 is 10.0 Å². The Labute approximate surface area is 167 Å². The molecule has 0 aliphatic carbocycles. The van der Waals surface area contributed by atoms with Crippen molar-refractivity contribution in [2.45, 2.75) is 62.0 Å². The molecule has 1 aromatic rings. The normalized spacial score (nSPS) is 24.1. The number of carbonyl (C=O) groups is 1. The van der Waals surface area contributed by atoms with Gasteiger partial charge in [0.2, 0.25) is 15.9 Å². The van der Waals surface area contributed by atoms with Gasteiger partial charge in [0.15, 0.2) is 0 Å². The molecule has 0 aromatic heterocycles. The molecule has 2 bridgehead atoms. The molecular formula is C18H28ClN3O4S. The molecule has 0 radical (unpaired) electrons. The van der Waals surface area contributed by atoms with Crippen LogP contribution in [-0.2, 0) is 14.8 Å². The van der Waals surface area contributed by atoms with E-state index in [1.807, 2.05) is 6.92 Å². The molecule has 2 atom stereocenters. The highest BCUT2D eigenvalue weighted by Crippen LogP contribution is 2.26. The van der Waals surface area contributed by atoms with Gasteiger partial charge in [0.05, 0.1) is 11.5 Å². The van der Waals surface area contributed by atoms with E-state index in [2.05, 4.69) is 15.4 Å². The number of nitrogens with one attached hydrogen (secondary N) is 3. The van der Waals surface area contributed by atoms with Crippen LogP contribution in [-0.4, -0.2) is 45.6 Å². The van der Waals surface area contributed by atoms with Crippen molar-refractivity contribution in [3.05, 3.63) is 24.3 Å². The molecular weight excluding hydrogens is 390 g/mol. The Bertz CT molecular complexity index is 715. The standard InChI is InChI=1S/C18H27N3O4S.ClH/c1-2-25-16-5-7-17(8-6-16)26(23,24)19-10-9-18(22)21-15-11-13-3-4-14(12-15)20-13;/h5-8,13-15,19-20H,2-4,9-12H2,1H3,(H,21,22);1H. The van der Waals surface area contributed by atoms with Crippen LogP contribution in [0.3, 0.4) is 0 Å². The fraction of sp³-hybridized carbons (Fsp3) is 0.611. The lowest BCUT2D eigenvalue weighted by molar-refractivity contribution is -0.121. The second-order valence-corrected chi connectivity index (χ2v) is 8.69. The number of piperidine rings is 1. The van der Waals surface area contributed by atoms with E-state index in [-0.39, 0.29) is 42.2 Å². The van der Waals surface area contributed by atoms with E-state index in [9.17, 15) is 13.2 Å². The Balaban J connectivity index is 0.00000261. The van der Waals surface area contributed by atoms with Crippen molar-refractivity contribution in [1.29, 1.82) is 0 Å². The zero-order valence-corrected chi connectivity index (χ0v) is 17.1. The van der Waals surface area contributed by atoms with E-state index in [0.717, 1.165) is 12.8 Å². The van der Waals surface area contributed by atoms with E-state index in [1.54, 1.807) is 12.1 Å². The minimum absolute atomic E-state index is 0. The zero-order valence-electron chi connectivity index (χ0n) is 15.4. The predicted molar refractivity (Wildman–Crippen MR) is 106 cm³/mol. The van der Waals surface area contributed by atoms with Crippen LogP contribution < -0.4 is 20.1 Å². The molecule has 2 fully saturated rings. The fourth-order valence-corrected chi connectivity index (χ4v) is 4.77. The summed E-state index contributed by atoms with van der Waals surface area (Å²) < 4.78 is 32.3. The molecule has 9 heteroatoms. The minimum Gasteiger partial charge on any atom is -0.494 e. The van der Waals surface area contributed by atoms with Crippen LogP contribution in [0.5, 0.6) is 5.75 Å². The first-order valence-corrected chi connectivity index (χ1v) is 10.7. The van der Waals surface area contributed by atoms with E-state index in [4.69, 9.17) is 4.74 Å². The van der Waals surface area contributed by atoms with Gasteiger partial charge in [-0.25, -0.2) is 13.1 Å². The minimum atomic E-state index is -3.62. The number of amides is 1. The number of benzene rings is 1. The summed E-state index contributed by atoms with van der Waals surface area (Å²) in [6.45, 7) is 2.48. The second-order valence-electron chi connectivity index (χ2n) is 6.93. The lowest BCUT2D eigenvalue weighted by Gasteiger charge is -2.29. The largest absolute Gasteiger partial charge is 0.494 e. The number of sulfonamides is 1. The summed E-state index contributed by atoms with van der Waals surface area (Å²) in [6, 6.07) is 7.46. The average molecular weight is 418 g/mol. The summed E-state index contributed by atoms with van der Waals surface area (Å²) in [5.74, 6) is 0.521. The molecule has 2 aliphatic heterocycles. The maximum Gasteiger partial charge on any atom is 0.240 e. The molecule has 2 heterocycles. The summed E-state index contributed by atoms with van der Waals surface area (Å²) in [7, 11) is -3.62. The highest BCUT2D eigenvalue weighted by molar-refractivity contribution is 7.89. The van der Waals surface area contributed by atoms with E-state index in [0.29, 0.717) is 24.4 Å². The van der Waals surface area contributed by atoms with Gasteiger partial charge >= 0.3 is 0 Å². The van der Waals surface area contributed by atoms with Crippen molar-refractivity contribution in [2.75, 3.05) is 13.2 Å². The lowest BCUT2D eigenvalue weighted by Crippen LogP contribution is -2.48. The number of hydrogen-bond donors (Lipinski definition) is 3. The Morgan fingerprint density at radius 3 is 2.41 bits per heavy atom. The van der Waals surface area contributed by atoms with Gasteiger partial charge in [-0.05, 0) is 56.9 Å². The molecule has 3 N–H and O–H groups in total. The molecule has 7 nitrogen and oxygen atoms in total. The molecule has 2 unspecified atom stereocenters. The highest BCUT2D eigenvalue weighted by Gasteiger charge is 2.33. The van der Waals surface area contributed by atoms with Gasteiger partial charge < -0.3 is 15.4 Å². The molecule has 2 aliphatic rings. The third-order valence-electron chi connectivity index (χ3n) is 4.93. The van der Waals surface area contributed by atoms with Gasteiger partial charge in [-0.3, -0.25) is 4.79 Å². The van der Waals surface area contributed by atoms with Gasteiger partial charge in [0, 0.05) is 31.1 Å².